The van der Waals surface area contributed by atoms with Gasteiger partial charge in [0.05, 0.1) is 11.3 Å². The molecule has 1 aliphatic heterocycles. The summed E-state index contributed by atoms with van der Waals surface area (Å²) >= 11 is 0. The quantitative estimate of drug-likeness (QED) is 0.459. The number of carbonyl (C=O) groups is 3. The molecule has 1 aromatic rings. The van der Waals surface area contributed by atoms with Crippen LogP contribution < -0.4 is 5.48 Å². The number of carboxylic acids is 1. The maximum atomic E-state index is 11.2. The monoisotopic (exact) mass is 266 g/mol. The Morgan fingerprint density at radius 3 is 2.26 bits per heavy atom. The van der Waals surface area contributed by atoms with Crippen molar-refractivity contribution in [3.63, 3.8) is 0 Å². The number of rotatable bonds is 5. The molecule has 0 atom stereocenters. The number of benzene rings is 1. The van der Waals surface area contributed by atoms with E-state index in [1.165, 1.54) is 24.3 Å². The van der Waals surface area contributed by atoms with Crippen molar-refractivity contribution >= 4 is 23.5 Å². The summed E-state index contributed by atoms with van der Waals surface area (Å²) in [6.07, 6.45) is 0.186. The third-order valence-electron chi connectivity index (χ3n) is 2.41. The first kappa shape index (κ1) is 13.0. The Morgan fingerprint density at radius 2 is 1.74 bits per heavy atom. The number of aromatic carboxylic acids is 1. The Labute approximate surface area is 107 Å². The number of imide groups is 1. The van der Waals surface area contributed by atoms with Gasteiger partial charge in [0.25, 0.3) is 11.8 Å². The summed E-state index contributed by atoms with van der Waals surface area (Å²) in [5.74, 6) is -2.00. The minimum absolute atomic E-state index is 0.0928. The molecule has 0 bridgehead atoms. The van der Waals surface area contributed by atoms with Crippen LogP contribution in [-0.2, 0) is 19.6 Å². The van der Waals surface area contributed by atoms with Crippen molar-refractivity contribution in [2.45, 2.75) is 12.8 Å². The molecule has 0 spiro atoms. The highest BCUT2D eigenvalue weighted by molar-refractivity contribution is 6.00. The minimum Gasteiger partial charge on any atom is -0.478 e. The second kappa shape index (κ2) is 5.46. The Hall–Kier alpha value is -2.45. The van der Waals surface area contributed by atoms with Gasteiger partial charge in [-0.2, -0.15) is 0 Å². The van der Waals surface area contributed by atoms with Crippen molar-refractivity contribution < 1.29 is 29.5 Å². The zero-order valence-electron chi connectivity index (χ0n) is 9.66. The molecular weight excluding hydrogens is 256 g/mol. The van der Waals surface area contributed by atoms with Gasteiger partial charge in [-0.1, -0.05) is 9.98 Å². The molecule has 2 amide bonds. The van der Waals surface area contributed by atoms with E-state index in [1.807, 2.05) is 0 Å². The molecule has 19 heavy (non-hydrogen) atoms. The molecule has 0 radical (unpaired) electrons. The lowest BCUT2D eigenvalue weighted by Gasteiger charge is -2.11. The number of nitrogens with zero attached hydrogens (tertiary/aromatic N) is 1. The minimum atomic E-state index is -1.04. The smallest absolute Gasteiger partial charge is 0.335 e. The number of nitrogens with one attached hydrogen (secondary N) is 1. The van der Waals surface area contributed by atoms with E-state index in [2.05, 4.69) is 15.5 Å². The maximum absolute atomic E-state index is 11.2. The topological polar surface area (TPSA) is 105 Å². The Balaban J connectivity index is 1.84. The van der Waals surface area contributed by atoms with E-state index >= 15 is 0 Å². The number of hydrogen-bond acceptors (Lipinski definition) is 6. The second-order valence-electron chi connectivity index (χ2n) is 3.72. The second-order valence-corrected chi connectivity index (χ2v) is 3.72. The van der Waals surface area contributed by atoms with Crippen LogP contribution in [0.5, 0.6) is 0 Å². The fourth-order valence-electron chi connectivity index (χ4n) is 1.42. The first-order valence-corrected chi connectivity index (χ1v) is 5.37. The lowest BCUT2D eigenvalue weighted by Crippen LogP contribution is -2.30. The highest BCUT2D eigenvalue weighted by atomic mass is 17.3. The third kappa shape index (κ3) is 3.06. The molecule has 100 valence electrons. The number of hydrogen-bond donors (Lipinski definition) is 2. The van der Waals surface area contributed by atoms with Gasteiger partial charge in [0.1, 0.15) is 0 Å². The van der Waals surface area contributed by atoms with Gasteiger partial charge in [-0.25, -0.2) is 10.3 Å². The van der Waals surface area contributed by atoms with Crippen LogP contribution in [0.4, 0.5) is 5.69 Å². The molecule has 1 saturated heterocycles. The number of anilines is 1. The van der Waals surface area contributed by atoms with E-state index in [0.29, 0.717) is 10.8 Å². The predicted molar refractivity (Wildman–Crippen MR) is 60.3 cm³/mol. The van der Waals surface area contributed by atoms with Crippen molar-refractivity contribution in [1.29, 1.82) is 0 Å². The number of carboxylic acid groups (broad SMARTS) is 1. The van der Waals surface area contributed by atoms with E-state index in [0.717, 1.165) is 0 Å². The molecule has 1 heterocycles. The van der Waals surface area contributed by atoms with Crippen LogP contribution in [0.25, 0.3) is 0 Å². The average molecular weight is 266 g/mol. The van der Waals surface area contributed by atoms with E-state index < -0.39 is 17.8 Å². The van der Waals surface area contributed by atoms with Crippen molar-refractivity contribution in [3.05, 3.63) is 29.8 Å². The van der Waals surface area contributed by atoms with Crippen LogP contribution in [0.3, 0.4) is 0 Å². The maximum Gasteiger partial charge on any atom is 0.335 e. The molecular formula is C11H10N2O6. The van der Waals surface area contributed by atoms with Gasteiger partial charge in [0.2, 0.25) is 0 Å². The number of amides is 2. The van der Waals surface area contributed by atoms with E-state index in [9.17, 15) is 14.4 Å². The zero-order valence-corrected chi connectivity index (χ0v) is 9.66. The van der Waals surface area contributed by atoms with Crippen LogP contribution in [-0.4, -0.2) is 28.0 Å². The number of hydroxylamine groups is 2. The molecule has 8 nitrogen and oxygen atoms in total. The Morgan fingerprint density at radius 1 is 1.16 bits per heavy atom. The largest absolute Gasteiger partial charge is 0.478 e. The summed E-state index contributed by atoms with van der Waals surface area (Å²) < 4.78 is 0. The lowest BCUT2D eigenvalue weighted by molar-refractivity contribution is -0.378. The normalized spacial score (nSPS) is 14.8. The summed E-state index contributed by atoms with van der Waals surface area (Å²) in [4.78, 5) is 42.0. The van der Waals surface area contributed by atoms with Crippen molar-refractivity contribution in [2.24, 2.45) is 0 Å². The molecule has 1 aliphatic rings. The molecule has 1 fully saturated rings. The molecule has 0 aromatic heterocycles. The summed E-state index contributed by atoms with van der Waals surface area (Å²) in [6.45, 7) is 0. The van der Waals surface area contributed by atoms with Gasteiger partial charge >= 0.3 is 5.97 Å². The first-order valence-electron chi connectivity index (χ1n) is 5.37. The van der Waals surface area contributed by atoms with E-state index in [1.54, 1.807) is 0 Å². The van der Waals surface area contributed by atoms with E-state index in [4.69, 9.17) is 5.11 Å². The Kier molecular flexibility index (Phi) is 3.74. The van der Waals surface area contributed by atoms with Crippen LogP contribution in [0.1, 0.15) is 23.2 Å². The highest BCUT2D eigenvalue weighted by Gasteiger charge is 2.31. The van der Waals surface area contributed by atoms with Gasteiger partial charge in [-0.3, -0.25) is 9.59 Å². The van der Waals surface area contributed by atoms with Crippen LogP contribution in [0, 0.1) is 0 Å². The van der Waals surface area contributed by atoms with Crippen molar-refractivity contribution in [1.82, 2.24) is 5.06 Å². The highest BCUT2D eigenvalue weighted by Crippen LogP contribution is 2.13. The predicted octanol–water partition coefficient (Wildman–Crippen LogP) is 0.724. The van der Waals surface area contributed by atoms with Crippen LogP contribution in [0.2, 0.25) is 0 Å². The lowest BCUT2D eigenvalue weighted by atomic mass is 10.2. The SMILES string of the molecule is O=C(O)c1ccc(NOON2C(=O)CCC2=O)cc1. The van der Waals surface area contributed by atoms with Crippen LogP contribution in [0.15, 0.2) is 24.3 Å². The van der Waals surface area contributed by atoms with Crippen LogP contribution >= 0.6 is 0 Å². The van der Waals surface area contributed by atoms with Gasteiger partial charge in [-0.05, 0) is 24.3 Å². The van der Waals surface area contributed by atoms with Gasteiger partial charge in [0.15, 0.2) is 0 Å². The summed E-state index contributed by atoms with van der Waals surface area (Å²) in [5.41, 5.74) is 2.85. The third-order valence-corrected chi connectivity index (χ3v) is 2.41. The molecule has 8 heteroatoms. The van der Waals surface area contributed by atoms with Gasteiger partial charge < -0.3 is 5.11 Å². The molecule has 0 saturated carbocycles. The molecule has 1 aromatic carbocycles. The van der Waals surface area contributed by atoms with Gasteiger partial charge in [0, 0.05) is 12.8 Å². The summed E-state index contributed by atoms with van der Waals surface area (Å²) in [5, 5.41) is 9.22. The summed E-state index contributed by atoms with van der Waals surface area (Å²) in [7, 11) is 0. The van der Waals surface area contributed by atoms with Gasteiger partial charge in [-0.15, -0.1) is 5.06 Å². The standard InChI is InChI=1S/C11H10N2O6/c14-9-5-6-10(15)13(9)19-18-12-8-3-1-7(2-4-8)11(16)17/h1-4,12H,5-6H2,(H,16,17). The molecule has 2 rings (SSSR count). The zero-order chi connectivity index (χ0) is 13.8. The fourth-order valence-corrected chi connectivity index (χ4v) is 1.42. The molecule has 0 aliphatic carbocycles. The number of carbonyl (C=O) groups excluding carboxylic acids is 2. The first-order chi connectivity index (χ1) is 9.08. The van der Waals surface area contributed by atoms with Crippen molar-refractivity contribution in [3.8, 4) is 0 Å². The average Bonchev–Trinajstić information content (AvgIpc) is 2.71. The van der Waals surface area contributed by atoms with E-state index in [-0.39, 0.29) is 18.4 Å². The Bertz CT molecular complexity index is 496. The molecule has 2 N–H and O–H groups in total. The summed E-state index contributed by atoms with van der Waals surface area (Å²) in [6, 6.07) is 5.61. The van der Waals surface area contributed by atoms with Crippen molar-refractivity contribution in [2.75, 3.05) is 5.48 Å². The molecule has 0 unspecified atom stereocenters. The fraction of sp³-hybridized carbons (Fsp3) is 0.182.